The van der Waals surface area contributed by atoms with E-state index < -0.39 is 11.6 Å². The maximum absolute atomic E-state index is 13.7. The molecule has 0 bridgehead atoms. The molecule has 3 rings (SSSR count). The highest BCUT2D eigenvalue weighted by atomic mass is 19.1. The van der Waals surface area contributed by atoms with E-state index in [2.05, 4.69) is 10.5 Å². The average Bonchev–Trinajstić information content (AvgIpc) is 2.90. The van der Waals surface area contributed by atoms with Gasteiger partial charge in [0.2, 0.25) is 0 Å². The largest absolute Gasteiger partial charge is 0.383 e. The van der Waals surface area contributed by atoms with Gasteiger partial charge in [0.25, 0.3) is 5.56 Å². The Balaban J connectivity index is 1.73. The van der Waals surface area contributed by atoms with Crippen LogP contribution >= 0.6 is 0 Å². The average molecular weight is 294 g/mol. The molecule has 4 nitrogen and oxygen atoms in total. The molecular weight excluding hydrogens is 278 g/mol. The first-order valence-corrected chi connectivity index (χ1v) is 6.98. The van der Waals surface area contributed by atoms with Crippen LogP contribution in [0.3, 0.4) is 0 Å². The molecule has 0 unspecified atom stereocenters. The molecule has 0 radical (unpaired) electrons. The van der Waals surface area contributed by atoms with E-state index in [1.54, 1.807) is 0 Å². The van der Waals surface area contributed by atoms with Crippen molar-refractivity contribution < 1.29 is 13.3 Å². The molecule has 0 amide bonds. The fraction of sp³-hybridized carbons (Fsp3) is 0.400. The molecule has 0 spiro atoms. The normalized spacial score (nSPS) is 22.4. The summed E-state index contributed by atoms with van der Waals surface area (Å²) in [5, 5.41) is 5.54. The van der Waals surface area contributed by atoms with Crippen LogP contribution in [0.2, 0.25) is 0 Å². The first-order chi connectivity index (χ1) is 10.1. The first-order valence-electron chi connectivity index (χ1n) is 6.98. The molecule has 21 heavy (non-hydrogen) atoms. The minimum atomic E-state index is -0.521. The second-order valence-electron chi connectivity index (χ2n) is 5.39. The van der Waals surface area contributed by atoms with Gasteiger partial charge in [0, 0.05) is 23.6 Å². The lowest BCUT2D eigenvalue weighted by Crippen LogP contribution is -2.39. The first kappa shape index (κ1) is 14.0. The molecule has 2 N–H and O–H groups in total. The van der Waals surface area contributed by atoms with E-state index in [4.69, 9.17) is 4.52 Å². The van der Waals surface area contributed by atoms with Crippen LogP contribution in [-0.4, -0.2) is 17.7 Å². The van der Waals surface area contributed by atoms with Crippen LogP contribution in [0, 0.1) is 11.6 Å². The fourth-order valence-electron chi connectivity index (χ4n) is 2.89. The van der Waals surface area contributed by atoms with Gasteiger partial charge < -0.3 is 9.84 Å². The van der Waals surface area contributed by atoms with Crippen molar-refractivity contribution in [3.8, 4) is 0 Å². The second kappa shape index (κ2) is 5.81. The zero-order valence-electron chi connectivity index (χ0n) is 11.4. The quantitative estimate of drug-likeness (QED) is 0.913. The number of nitrogens with one attached hydrogen (secondary N) is 2. The van der Waals surface area contributed by atoms with Gasteiger partial charge in [-0.1, -0.05) is 6.07 Å². The van der Waals surface area contributed by atoms with Crippen molar-refractivity contribution in [3.63, 3.8) is 0 Å². The van der Waals surface area contributed by atoms with Gasteiger partial charge in [-0.3, -0.25) is 4.79 Å². The van der Waals surface area contributed by atoms with Crippen molar-refractivity contribution in [2.75, 3.05) is 6.54 Å². The Kier molecular flexibility index (Phi) is 3.88. The van der Waals surface area contributed by atoms with Crippen LogP contribution < -0.4 is 10.9 Å². The van der Waals surface area contributed by atoms with E-state index in [1.807, 2.05) is 0 Å². The molecule has 6 heteroatoms. The van der Waals surface area contributed by atoms with Gasteiger partial charge in [-0.15, -0.1) is 0 Å². The van der Waals surface area contributed by atoms with Crippen molar-refractivity contribution in [1.82, 2.24) is 10.5 Å². The number of piperidine rings is 1. The van der Waals surface area contributed by atoms with Gasteiger partial charge in [0.1, 0.15) is 17.4 Å². The van der Waals surface area contributed by atoms with Gasteiger partial charge in [0.15, 0.2) is 0 Å². The van der Waals surface area contributed by atoms with E-state index in [9.17, 15) is 13.6 Å². The van der Waals surface area contributed by atoms with Crippen molar-refractivity contribution in [1.29, 1.82) is 0 Å². The molecule has 1 aromatic carbocycles. The smallest absolute Gasteiger partial charge is 0.280 e. The summed E-state index contributed by atoms with van der Waals surface area (Å²) in [6, 6.07) is 5.29. The van der Waals surface area contributed by atoms with E-state index in [1.165, 1.54) is 24.3 Å². The number of aromatic amines is 1. The highest BCUT2D eigenvalue weighted by Gasteiger charge is 2.27. The Hall–Kier alpha value is -1.95. The molecule has 2 aromatic rings. The van der Waals surface area contributed by atoms with E-state index in [-0.39, 0.29) is 29.5 Å². The highest BCUT2D eigenvalue weighted by Crippen LogP contribution is 2.28. The highest BCUT2D eigenvalue weighted by molar-refractivity contribution is 5.21. The number of hydrogen-bond donors (Lipinski definition) is 2. The molecular formula is C15H16F2N2O2. The zero-order chi connectivity index (χ0) is 14.8. The van der Waals surface area contributed by atoms with Crippen molar-refractivity contribution in [3.05, 3.63) is 57.6 Å². The van der Waals surface area contributed by atoms with E-state index >= 15 is 0 Å². The van der Waals surface area contributed by atoms with E-state index in [0.717, 1.165) is 13.0 Å². The summed E-state index contributed by atoms with van der Waals surface area (Å²) in [6.45, 7) is 0.723. The SMILES string of the molecule is O=c1cc([C@H]2CCN[C@H](Cc3c(F)cccc3F)C2)o[nH]1. The zero-order valence-corrected chi connectivity index (χ0v) is 11.4. The lowest BCUT2D eigenvalue weighted by atomic mass is 9.87. The van der Waals surface area contributed by atoms with Gasteiger partial charge >= 0.3 is 0 Å². The summed E-state index contributed by atoms with van der Waals surface area (Å²) in [5.41, 5.74) is -0.161. The summed E-state index contributed by atoms with van der Waals surface area (Å²) >= 11 is 0. The Labute approximate surface area is 120 Å². The third-order valence-corrected chi connectivity index (χ3v) is 3.95. The Morgan fingerprint density at radius 3 is 2.71 bits per heavy atom. The standard InChI is InChI=1S/C15H16F2N2O2/c16-12-2-1-3-13(17)11(12)7-10-6-9(4-5-18-10)14-8-15(20)19-21-14/h1-3,8-10,18H,4-7H2,(H,19,20)/t9-,10-/m0/s1. The van der Waals surface area contributed by atoms with Crippen LogP contribution in [-0.2, 0) is 6.42 Å². The molecule has 112 valence electrons. The van der Waals surface area contributed by atoms with Crippen LogP contribution in [0.25, 0.3) is 0 Å². The summed E-state index contributed by atoms with van der Waals surface area (Å²) < 4.78 is 32.5. The molecule has 0 saturated carbocycles. The minimum absolute atomic E-state index is 0.0460. The van der Waals surface area contributed by atoms with Gasteiger partial charge in [-0.05, 0) is 37.9 Å². The number of rotatable bonds is 3. The predicted molar refractivity (Wildman–Crippen MR) is 73.2 cm³/mol. The maximum atomic E-state index is 13.7. The molecule has 1 aliphatic rings. The Morgan fingerprint density at radius 2 is 2.05 bits per heavy atom. The minimum Gasteiger partial charge on any atom is -0.383 e. The molecule has 1 fully saturated rings. The van der Waals surface area contributed by atoms with Crippen molar-refractivity contribution in [2.45, 2.75) is 31.2 Å². The molecule has 1 aromatic heterocycles. The molecule has 2 heterocycles. The van der Waals surface area contributed by atoms with Gasteiger partial charge in [-0.25, -0.2) is 8.78 Å². The van der Waals surface area contributed by atoms with Crippen molar-refractivity contribution in [2.24, 2.45) is 0 Å². The number of benzene rings is 1. The van der Waals surface area contributed by atoms with Crippen molar-refractivity contribution >= 4 is 0 Å². The molecule has 0 aliphatic carbocycles. The lowest BCUT2D eigenvalue weighted by Gasteiger charge is -2.29. The molecule has 1 aliphatic heterocycles. The maximum Gasteiger partial charge on any atom is 0.280 e. The van der Waals surface area contributed by atoms with Crippen LogP contribution in [0.1, 0.15) is 30.1 Å². The Morgan fingerprint density at radius 1 is 1.29 bits per heavy atom. The monoisotopic (exact) mass is 294 g/mol. The van der Waals surface area contributed by atoms with Crippen LogP contribution in [0.4, 0.5) is 8.78 Å². The Bertz CT molecular complexity index is 660. The number of hydrogen-bond acceptors (Lipinski definition) is 3. The van der Waals surface area contributed by atoms with Crippen LogP contribution in [0.5, 0.6) is 0 Å². The summed E-state index contributed by atoms with van der Waals surface area (Å²) in [5.74, 6) is -0.343. The topological polar surface area (TPSA) is 58.0 Å². The molecule has 2 atom stereocenters. The number of aromatic nitrogens is 1. The molecule has 1 saturated heterocycles. The summed E-state index contributed by atoms with van der Waals surface area (Å²) in [7, 11) is 0. The van der Waals surface area contributed by atoms with Gasteiger partial charge in [0.05, 0.1) is 0 Å². The van der Waals surface area contributed by atoms with Crippen LogP contribution in [0.15, 0.2) is 33.6 Å². The summed E-state index contributed by atoms with van der Waals surface area (Å²) in [4.78, 5) is 11.1. The summed E-state index contributed by atoms with van der Waals surface area (Å²) in [6.07, 6.45) is 1.79. The third kappa shape index (κ3) is 3.05. The number of H-pyrrole nitrogens is 1. The van der Waals surface area contributed by atoms with E-state index in [0.29, 0.717) is 12.2 Å². The fourth-order valence-corrected chi connectivity index (χ4v) is 2.89. The number of halogens is 2. The second-order valence-corrected chi connectivity index (χ2v) is 5.39. The lowest BCUT2D eigenvalue weighted by molar-refractivity contribution is 0.290. The third-order valence-electron chi connectivity index (χ3n) is 3.95. The van der Waals surface area contributed by atoms with Gasteiger partial charge in [-0.2, -0.15) is 5.16 Å². The predicted octanol–water partition coefficient (Wildman–Crippen LogP) is 2.32.